The molecule has 11 rings (SSSR count). The van der Waals surface area contributed by atoms with Gasteiger partial charge in [0, 0.05) is 58.7 Å². The molecule has 0 atom stereocenters. The lowest BCUT2D eigenvalue weighted by atomic mass is 9.99. The molecule has 0 fully saturated rings. The minimum atomic E-state index is 0.576. The topological polar surface area (TPSA) is 42.4 Å². The van der Waals surface area contributed by atoms with E-state index < -0.39 is 0 Å². The number of nitrogens with zero attached hydrogens (tertiary/aromatic N) is 2. The highest BCUT2D eigenvalue weighted by Crippen LogP contribution is 2.47. The van der Waals surface area contributed by atoms with Crippen LogP contribution in [0.4, 0.5) is 17.1 Å². The predicted octanol–water partition coefficient (Wildman–Crippen LogP) is 14.1. The van der Waals surface area contributed by atoms with Gasteiger partial charge in [0.1, 0.15) is 16.7 Å². The minimum Gasteiger partial charge on any atom is -0.455 e. The first-order chi connectivity index (χ1) is 25.8. The van der Waals surface area contributed by atoms with Crippen LogP contribution in [-0.4, -0.2) is 4.98 Å². The number of oxazole rings is 1. The van der Waals surface area contributed by atoms with Crippen molar-refractivity contribution in [3.63, 3.8) is 0 Å². The average Bonchev–Trinajstić information content (AvgIpc) is 3.92. The number of para-hydroxylation sites is 2. The van der Waals surface area contributed by atoms with Gasteiger partial charge in [-0.2, -0.15) is 0 Å². The van der Waals surface area contributed by atoms with Crippen LogP contribution in [0.25, 0.3) is 86.6 Å². The van der Waals surface area contributed by atoms with Gasteiger partial charge in [0.25, 0.3) is 0 Å². The molecule has 0 unspecified atom stereocenters. The molecule has 3 heterocycles. The number of furan rings is 1. The van der Waals surface area contributed by atoms with Crippen LogP contribution in [0.15, 0.2) is 179 Å². The number of anilines is 3. The van der Waals surface area contributed by atoms with Crippen molar-refractivity contribution in [3.05, 3.63) is 170 Å². The van der Waals surface area contributed by atoms with E-state index in [-0.39, 0.29) is 0 Å². The lowest BCUT2D eigenvalue weighted by Crippen LogP contribution is -2.10. The highest BCUT2D eigenvalue weighted by molar-refractivity contribution is 7.25. The Morgan fingerprint density at radius 1 is 0.462 bits per heavy atom. The largest absolute Gasteiger partial charge is 0.455 e. The van der Waals surface area contributed by atoms with Crippen molar-refractivity contribution in [1.82, 2.24) is 4.98 Å². The summed E-state index contributed by atoms with van der Waals surface area (Å²) >= 11 is 1.84. The van der Waals surface area contributed by atoms with Crippen molar-refractivity contribution in [2.75, 3.05) is 4.90 Å². The number of hydrogen-bond acceptors (Lipinski definition) is 5. The molecule has 0 aliphatic heterocycles. The molecule has 8 aromatic carbocycles. The second kappa shape index (κ2) is 11.4. The predicted molar refractivity (Wildman–Crippen MR) is 217 cm³/mol. The summed E-state index contributed by atoms with van der Waals surface area (Å²) in [5.41, 5.74) is 9.70. The monoisotopic (exact) mass is 684 g/mol. The Balaban J connectivity index is 1.20. The van der Waals surface area contributed by atoms with Gasteiger partial charge >= 0.3 is 0 Å². The Kier molecular flexibility index (Phi) is 6.39. The van der Waals surface area contributed by atoms with E-state index in [1.807, 2.05) is 47.7 Å². The molecular formula is C47H28N2O2S. The van der Waals surface area contributed by atoms with Crippen molar-refractivity contribution < 1.29 is 8.83 Å². The Morgan fingerprint density at radius 2 is 1.15 bits per heavy atom. The third-order valence-corrected chi connectivity index (χ3v) is 11.2. The van der Waals surface area contributed by atoms with Gasteiger partial charge in [0.15, 0.2) is 5.58 Å². The Morgan fingerprint density at radius 3 is 2.02 bits per heavy atom. The smallest absolute Gasteiger partial charge is 0.228 e. The molecule has 3 aromatic heterocycles. The number of rotatable bonds is 5. The third-order valence-electron chi connectivity index (χ3n) is 10.1. The van der Waals surface area contributed by atoms with Crippen molar-refractivity contribution in [1.29, 1.82) is 0 Å². The standard InChI is InChI=1S/C47H28N2O2S/c1-2-11-29(12-3-1)30-21-23-31(24-22-30)49(32-25-26-44-37(27-32)34-14-6-9-20-43(34)52-44)40-28-38-45-36(47-48-39-17-7-8-18-41(39)51-47)16-10-19-42(45)50-46(38)35-15-5-4-13-33(35)40/h1-28H. The van der Waals surface area contributed by atoms with Gasteiger partial charge in [-0.3, -0.25) is 0 Å². The van der Waals surface area contributed by atoms with Crippen LogP contribution in [-0.2, 0) is 0 Å². The Labute approximate surface area is 302 Å². The van der Waals surface area contributed by atoms with Crippen LogP contribution in [0.3, 0.4) is 0 Å². The van der Waals surface area contributed by atoms with E-state index in [1.54, 1.807) is 0 Å². The summed E-state index contributed by atoms with van der Waals surface area (Å²) in [7, 11) is 0. The molecule has 0 aliphatic rings. The fourth-order valence-corrected chi connectivity index (χ4v) is 8.78. The number of fused-ring (bicyclic) bond motifs is 9. The van der Waals surface area contributed by atoms with Crippen LogP contribution in [0.5, 0.6) is 0 Å². The summed E-state index contributed by atoms with van der Waals surface area (Å²) < 4.78 is 15.6. The van der Waals surface area contributed by atoms with Gasteiger partial charge in [-0.05, 0) is 77.9 Å². The highest BCUT2D eigenvalue weighted by atomic mass is 32.1. The van der Waals surface area contributed by atoms with Gasteiger partial charge < -0.3 is 13.7 Å². The van der Waals surface area contributed by atoms with E-state index in [0.29, 0.717) is 5.89 Å². The zero-order valence-electron chi connectivity index (χ0n) is 27.8. The van der Waals surface area contributed by atoms with Gasteiger partial charge in [-0.1, -0.05) is 103 Å². The maximum atomic E-state index is 6.72. The molecule has 0 aliphatic carbocycles. The van der Waals surface area contributed by atoms with Gasteiger partial charge in [-0.25, -0.2) is 4.98 Å². The summed E-state index contributed by atoms with van der Waals surface area (Å²) in [5, 5.41) is 6.65. The second-order valence-electron chi connectivity index (χ2n) is 13.1. The van der Waals surface area contributed by atoms with Crippen molar-refractivity contribution in [2.24, 2.45) is 0 Å². The third kappa shape index (κ3) is 4.50. The first-order valence-electron chi connectivity index (χ1n) is 17.4. The maximum absolute atomic E-state index is 6.72. The molecule has 0 radical (unpaired) electrons. The highest BCUT2D eigenvalue weighted by Gasteiger charge is 2.23. The first-order valence-corrected chi connectivity index (χ1v) is 18.2. The van der Waals surface area contributed by atoms with E-state index in [4.69, 9.17) is 13.8 Å². The number of benzene rings is 8. The fourth-order valence-electron chi connectivity index (χ4n) is 7.69. The molecule has 4 nitrogen and oxygen atoms in total. The van der Waals surface area contributed by atoms with E-state index in [2.05, 4.69) is 138 Å². The molecule has 5 heteroatoms. The molecule has 52 heavy (non-hydrogen) atoms. The lowest BCUT2D eigenvalue weighted by Gasteiger charge is -2.27. The minimum absolute atomic E-state index is 0.576. The average molecular weight is 685 g/mol. The molecular weight excluding hydrogens is 657 g/mol. The summed E-state index contributed by atoms with van der Waals surface area (Å²) in [5.74, 6) is 0.576. The molecule has 0 N–H and O–H groups in total. The number of aromatic nitrogens is 1. The zero-order valence-corrected chi connectivity index (χ0v) is 28.6. The number of hydrogen-bond donors (Lipinski definition) is 0. The van der Waals surface area contributed by atoms with Crippen molar-refractivity contribution in [2.45, 2.75) is 0 Å². The van der Waals surface area contributed by atoms with Crippen LogP contribution < -0.4 is 4.90 Å². The SMILES string of the molecule is c1ccc(-c2ccc(N(c3ccc4sc5ccccc5c4c3)c3cc4c(oc5cccc(-c6nc7ccccc7o6)c54)c4ccccc34)cc2)cc1. The molecule has 244 valence electrons. The summed E-state index contributed by atoms with van der Waals surface area (Å²) in [6.45, 7) is 0. The Hall–Kier alpha value is -6.69. The zero-order chi connectivity index (χ0) is 34.2. The van der Waals surface area contributed by atoms with Gasteiger partial charge in [0.05, 0.1) is 5.69 Å². The van der Waals surface area contributed by atoms with E-state index in [1.165, 1.54) is 31.3 Å². The molecule has 0 saturated carbocycles. The fraction of sp³-hybridized carbons (Fsp3) is 0. The first kappa shape index (κ1) is 29.1. The van der Waals surface area contributed by atoms with Crippen LogP contribution >= 0.6 is 11.3 Å². The molecule has 0 amide bonds. The van der Waals surface area contributed by atoms with E-state index in [0.717, 1.165) is 66.4 Å². The molecule has 0 saturated heterocycles. The lowest BCUT2D eigenvalue weighted by molar-refractivity contribution is 0.620. The second-order valence-corrected chi connectivity index (χ2v) is 14.2. The van der Waals surface area contributed by atoms with Gasteiger partial charge in [-0.15, -0.1) is 11.3 Å². The van der Waals surface area contributed by atoms with Crippen molar-refractivity contribution >= 4 is 92.4 Å². The van der Waals surface area contributed by atoms with Crippen LogP contribution in [0, 0.1) is 0 Å². The summed E-state index contributed by atoms with van der Waals surface area (Å²) in [6, 6.07) is 59.8. The van der Waals surface area contributed by atoms with E-state index in [9.17, 15) is 0 Å². The van der Waals surface area contributed by atoms with Crippen molar-refractivity contribution in [3.8, 4) is 22.6 Å². The summed E-state index contributed by atoms with van der Waals surface area (Å²) in [6.07, 6.45) is 0. The molecule has 0 bridgehead atoms. The van der Waals surface area contributed by atoms with E-state index >= 15 is 0 Å². The van der Waals surface area contributed by atoms with Crippen LogP contribution in [0.2, 0.25) is 0 Å². The Bertz CT molecular complexity index is 3100. The summed E-state index contributed by atoms with van der Waals surface area (Å²) in [4.78, 5) is 7.29. The molecule has 11 aromatic rings. The maximum Gasteiger partial charge on any atom is 0.228 e. The molecule has 0 spiro atoms. The quantitative estimate of drug-likeness (QED) is 0.181. The van der Waals surface area contributed by atoms with Gasteiger partial charge in [0.2, 0.25) is 5.89 Å². The van der Waals surface area contributed by atoms with Crippen LogP contribution in [0.1, 0.15) is 0 Å². The normalized spacial score (nSPS) is 11.8. The number of thiophene rings is 1.